The van der Waals surface area contributed by atoms with Crippen LogP contribution in [0.5, 0.6) is 0 Å². The summed E-state index contributed by atoms with van der Waals surface area (Å²) in [6.07, 6.45) is 9.65. The molecule has 2 aliphatic rings. The van der Waals surface area contributed by atoms with E-state index in [-0.39, 0.29) is 0 Å². The first-order valence-electron chi connectivity index (χ1n) is 7.27. The van der Waals surface area contributed by atoms with Gasteiger partial charge in [-0.15, -0.1) is 0 Å². The van der Waals surface area contributed by atoms with E-state index in [1.807, 2.05) is 0 Å². The van der Waals surface area contributed by atoms with Crippen LogP contribution in [0.4, 0.5) is 0 Å². The third kappa shape index (κ3) is 3.70. The van der Waals surface area contributed by atoms with Gasteiger partial charge in [-0.25, -0.2) is 0 Å². The molecule has 0 aromatic heterocycles. The zero-order chi connectivity index (χ0) is 12.1. The molecular formula is C14H26N2O. The van der Waals surface area contributed by atoms with Crippen molar-refractivity contribution in [2.45, 2.75) is 51.4 Å². The van der Waals surface area contributed by atoms with E-state index in [9.17, 15) is 4.79 Å². The fourth-order valence-electron chi connectivity index (χ4n) is 3.27. The van der Waals surface area contributed by atoms with Crippen LogP contribution in [-0.2, 0) is 4.79 Å². The molecule has 3 heteroatoms. The number of carbonyl (C=O) groups excluding carboxylic acids is 1. The van der Waals surface area contributed by atoms with E-state index >= 15 is 0 Å². The van der Waals surface area contributed by atoms with Crippen molar-refractivity contribution in [2.24, 2.45) is 17.6 Å². The van der Waals surface area contributed by atoms with Crippen molar-refractivity contribution in [1.82, 2.24) is 4.90 Å². The van der Waals surface area contributed by atoms with Crippen molar-refractivity contribution in [1.29, 1.82) is 0 Å². The minimum absolute atomic E-state index is 0.370. The highest BCUT2D eigenvalue weighted by Crippen LogP contribution is 2.29. The number of amides is 1. The number of rotatable bonds is 4. The van der Waals surface area contributed by atoms with Crippen molar-refractivity contribution in [3.05, 3.63) is 0 Å². The topological polar surface area (TPSA) is 46.3 Å². The average Bonchev–Trinajstić information content (AvgIpc) is 2.89. The molecule has 17 heavy (non-hydrogen) atoms. The molecule has 0 radical (unpaired) electrons. The molecule has 1 atom stereocenters. The third-order valence-corrected chi connectivity index (χ3v) is 4.45. The monoisotopic (exact) mass is 238 g/mol. The smallest absolute Gasteiger partial charge is 0.222 e. The second-order valence-electron chi connectivity index (χ2n) is 5.77. The Hall–Kier alpha value is -0.570. The molecular weight excluding hydrogens is 212 g/mol. The molecule has 0 spiro atoms. The number of nitrogens with zero attached hydrogens (tertiary/aromatic N) is 1. The van der Waals surface area contributed by atoms with Gasteiger partial charge in [-0.05, 0) is 37.6 Å². The quantitative estimate of drug-likeness (QED) is 0.815. The number of hydrogen-bond donors (Lipinski definition) is 1. The molecule has 0 aromatic rings. The van der Waals surface area contributed by atoms with Crippen LogP contribution in [0.1, 0.15) is 51.4 Å². The van der Waals surface area contributed by atoms with Crippen molar-refractivity contribution < 1.29 is 4.79 Å². The maximum atomic E-state index is 12.1. The lowest BCUT2D eigenvalue weighted by molar-refractivity contribution is -0.133. The van der Waals surface area contributed by atoms with Gasteiger partial charge in [0, 0.05) is 19.5 Å². The SMILES string of the molecule is NCC1CCCN(C(=O)CCC2CCCC2)C1. The van der Waals surface area contributed by atoms with Gasteiger partial charge >= 0.3 is 0 Å². The third-order valence-electron chi connectivity index (χ3n) is 4.45. The lowest BCUT2D eigenvalue weighted by Crippen LogP contribution is -2.42. The minimum atomic E-state index is 0.370. The summed E-state index contributed by atoms with van der Waals surface area (Å²) in [7, 11) is 0. The molecule has 1 amide bonds. The standard InChI is InChI=1S/C14H26N2O/c15-10-13-6-3-9-16(11-13)14(17)8-7-12-4-1-2-5-12/h12-13H,1-11,15H2. The molecule has 2 fully saturated rings. The molecule has 2 rings (SSSR count). The molecule has 1 unspecified atom stereocenters. The number of nitrogens with two attached hydrogens (primary N) is 1. The van der Waals surface area contributed by atoms with E-state index in [0.717, 1.165) is 44.8 Å². The fraction of sp³-hybridized carbons (Fsp3) is 0.929. The van der Waals surface area contributed by atoms with Gasteiger partial charge < -0.3 is 10.6 Å². The number of likely N-dealkylation sites (tertiary alicyclic amines) is 1. The fourth-order valence-corrected chi connectivity index (χ4v) is 3.27. The van der Waals surface area contributed by atoms with Gasteiger partial charge in [0.15, 0.2) is 0 Å². The molecule has 1 saturated carbocycles. The first-order chi connectivity index (χ1) is 8.29. The van der Waals surface area contributed by atoms with Crippen molar-refractivity contribution in [3.63, 3.8) is 0 Å². The van der Waals surface area contributed by atoms with Crippen LogP contribution in [0, 0.1) is 11.8 Å². The summed E-state index contributed by atoms with van der Waals surface area (Å²) in [6, 6.07) is 0. The second kappa shape index (κ2) is 6.39. The van der Waals surface area contributed by atoms with Crippen molar-refractivity contribution in [3.8, 4) is 0 Å². The van der Waals surface area contributed by atoms with E-state index in [1.54, 1.807) is 0 Å². The minimum Gasteiger partial charge on any atom is -0.342 e. The Bertz CT molecular complexity index is 249. The van der Waals surface area contributed by atoms with Crippen LogP contribution in [0.2, 0.25) is 0 Å². The van der Waals surface area contributed by atoms with E-state index in [1.165, 1.54) is 32.1 Å². The van der Waals surface area contributed by atoms with Crippen molar-refractivity contribution in [2.75, 3.05) is 19.6 Å². The lowest BCUT2D eigenvalue weighted by atomic mass is 9.97. The second-order valence-corrected chi connectivity index (χ2v) is 5.77. The molecule has 0 bridgehead atoms. The van der Waals surface area contributed by atoms with Crippen LogP contribution in [0.25, 0.3) is 0 Å². The molecule has 1 saturated heterocycles. The zero-order valence-electron chi connectivity index (χ0n) is 10.9. The van der Waals surface area contributed by atoms with Crippen molar-refractivity contribution >= 4 is 5.91 Å². The molecule has 98 valence electrons. The first kappa shape index (κ1) is 12.9. The molecule has 1 heterocycles. The largest absolute Gasteiger partial charge is 0.342 e. The lowest BCUT2D eigenvalue weighted by Gasteiger charge is -2.32. The maximum Gasteiger partial charge on any atom is 0.222 e. The zero-order valence-corrected chi connectivity index (χ0v) is 10.9. The summed E-state index contributed by atoms with van der Waals surface area (Å²) in [4.78, 5) is 14.2. The molecule has 3 nitrogen and oxygen atoms in total. The highest BCUT2D eigenvalue weighted by molar-refractivity contribution is 5.76. The summed E-state index contributed by atoms with van der Waals surface area (Å²) in [6.45, 7) is 2.59. The number of piperidine rings is 1. The van der Waals surface area contributed by atoms with Gasteiger partial charge in [-0.1, -0.05) is 25.7 Å². The van der Waals surface area contributed by atoms with Gasteiger partial charge in [0.25, 0.3) is 0 Å². The summed E-state index contributed by atoms with van der Waals surface area (Å²) in [5.41, 5.74) is 5.70. The Kier molecular flexibility index (Phi) is 4.84. The van der Waals surface area contributed by atoms with E-state index in [4.69, 9.17) is 5.73 Å². The van der Waals surface area contributed by atoms with Crippen LogP contribution in [0.15, 0.2) is 0 Å². The Balaban J connectivity index is 1.71. The van der Waals surface area contributed by atoms with E-state index in [0.29, 0.717) is 11.8 Å². The van der Waals surface area contributed by atoms with Crippen LogP contribution in [0.3, 0.4) is 0 Å². The molecule has 0 aromatic carbocycles. The Morgan fingerprint density at radius 1 is 1.12 bits per heavy atom. The van der Waals surface area contributed by atoms with Gasteiger partial charge in [-0.3, -0.25) is 4.79 Å². The van der Waals surface area contributed by atoms with Gasteiger partial charge in [0.1, 0.15) is 0 Å². The van der Waals surface area contributed by atoms with Crippen LogP contribution in [-0.4, -0.2) is 30.4 Å². The van der Waals surface area contributed by atoms with Crippen LogP contribution < -0.4 is 5.73 Å². The van der Waals surface area contributed by atoms with Gasteiger partial charge in [0.05, 0.1) is 0 Å². The molecule has 2 N–H and O–H groups in total. The van der Waals surface area contributed by atoms with Gasteiger partial charge in [0.2, 0.25) is 5.91 Å². The first-order valence-corrected chi connectivity index (χ1v) is 7.27. The van der Waals surface area contributed by atoms with Gasteiger partial charge in [-0.2, -0.15) is 0 Å². The maximum absolute atomic E-state index is 12.1. The molecule has 1 aliphatic carbocycles. The predicted molar refractivity (Wildman–Crippen MR) is 69.6 cm³/mol. The summed E-state index contributed by atoms with van der Waals surface area (Å²) >= 11 is 0. The van der Waals surface area contributed by atoms with Crippen LogP contribution >= 0.6 is 0 Å². The summed E-state index contributed by atoms with van der Waals surface area (Å²) < 4.78 is 0. The van der Waals surface area contributed by atoms with E-state index < -0.39 is 0 Å². The predicted octanol–water partition coefficient (Wildman–Crippen LogP) is 2.15. The van der Waals surface area contributed by atoms with E-state index in [2.05, 4.69) is 4.90 Å². The Morgan fingerprint density at radius 2 is 1.82 bits per heavy atom. The summed E-state index contributed by atoms with van der Waals surface area (Å²) in [5.74, 6) is 1.74. The highest BCUT2D eigenvalue weighted by atomic mass is 16.2. The molecule has 1 aliphatic heterocycles. The number of hydrogen-bond acceptors (Lipinski definition) is 2. The average molecular weight is 238 g/mol. The Labute approximate surface area is 105 Å². The normalized spacial score (nSPS) is 26.4. The number of carbonyl (C=O) groups is 1. The highest BCUT2D eigenvalue weighted by Gasteiger charge is 2.23. The Morgan fingerprint density at radius 3 is 2.53 bits per heavy atom. The summed E-state index contributed by atoms with van der Waals surface area (Å²) in [5, 5.41) is 0.